The number of carbonyl (C=O) groups is 2. The minimum Gasteiger partial charge on any atom is -0.480 e. The van der Waals surface area contributed by atoms with Crippen molar-refractivity contribution in [1.29, 1.82) is 0 Å². The first-order chi connectivity index (χ1) is 9.42. The van der Waals surface area contributed by atoms with Crippen LogP contribution in [0.5, 0.6) is 0 Å². The normalized spacial score (nSPS) is 11.7. The van der Waals surface area contributed by atoms with Gasteiger partial charge >= 0.3 is 12.0 Å². The van der Waals surface area contributed by atoms with E-state index < -0.39 is 18.0 Å². The summed E-state index contributed by atoms with van der Waals surface area (Å²) in [7, 11) is 0. The van der Waals surface area contributed by atoms with E-state index in [0.29, 0.717) is 11.0 Å². The Hall–Kier alpha value is -2.14. The Labute approximate surface area is 120 Å². The van der Waals surface area contributed by atoms with E-state index >= 15 is 0 Å². The number of carboxylic acids is 1. The number of aromatic nitrogens is 2. The van der Waals surface area contributed by atoms with Crippen molar-refractivity contribution < 1.29 is 14.7 Å². The van der Waals surface area contributed by atoms with Crippen molar-refractivity contribution in [2.75, 3.05) is 5.32 Å². The zero-order chi connectivity index (χ0) is 15.1. The van der Waals surface area contributed by atoms with Crippen LogP contribution in [0.4, 0.5) is 9.93 Å². The van der Waals surface area contributed by atoms with Crippen molar-refractivity contribution in [2.45, 2.75) is 32.7 Å². The molecule has 0 radical (unpaired) electrons. The van der Waals surface area contributed by atoms with Crippen LogP contribution in [0.1, 0.15) is 25.3 Å². The lowest BCUT2D eigenvalue weighted by molar-refractivity contribution is -0.139. The van der Waals surface area contributed by atoms with Crippen LogP contribution < -0.4 is 10.6 Å². The van der Waals surface area contributed by atoms with Gasteiger partial charge in [0.15, 0.2) is 0 Å². The molecule has 1 aromatic rings. The molecule has 0 aliphatic rings. The summed E-state index contributed by atoms with van der Waals surface area (Å²) in [4.78, 5) is 22.5. The number of carboxylic acid groups (broad SMARTS) is 1. The molecule has 8 heteroatoms. The number of anilines is 1. The summed E-state index contributed by atoms with van der Waals surface area (Å²) < 4.78 is 0. The Bertz CT molecular complexity index is 521. The van der Waals surface area contributed by atoms with Crippen LogP contribution in [0.25, 0.3) is 0 Å². The van der Waals surface area contributed by atoms with Crippen molar-refractivity contribution in [3.05, 3.63) is 5.01 Å². The molecule has 1 atom stereocenters. The number of aliphatic carboxylic acids is 1. The quantitative estimate of drug-likeness (QED) is 0.687. The molecule has 1 unspecified atom stereocenters. The third-order valence-electron chi connectivity index (χ3n) is 2.20. The first-order valence-electron chi connectivity index (χ1n) is 5.98. The number of hydrogen-bond acceptors (Lipinski definition) is 5. The maximum Gasteiger partial charge on any atom is 0.327 e. The molecule has 0 aliphatic heterocycles. The molecule has 0 spiro atoms. The predicted molar refractivity (Wildman–Crippen MR) is 75.5 cm³/mol. The lowest BCUT2D eigenvalue weighted by Gasteiger charge is -2.11. The molecule has 1 heterocycles. The summed E-state index contributed by atoms with van der Waals surface area (Å²) in [6.45, 7) is 4.11. The minimum absolute atomic E-state index is 0.0858. The monoisotopic (exact) mass is 296 g/mol. The van der Waals surface area contributed by atoms with Gasteiger partial charge < -0.3 is 10.4 Å². The van der Waals surface area contributed by atoms with Gasteiger partial charge in [0.1, 0.15) is 11.0 Å². The van der Waals surface area contributed by atoms with E-state index in [4.69, 9.17) is 11.5 Å². The lowest BCUT2D eigenvalue weighted by atomic mass is 10.1. The molecule has 0 aromatic carbocycles. The molecule has 2 amide bonds. The highest BCUT2D eigenvalue weighted by Gasteiger charge is 2.19. The van der Waals surface area contributed by atoms with E-state index in [1.54, 1.807) is 0 Å². The van der Waals surface area contributed by atoms with Gasteiger partial charge in [-0.25, -0.2) is 9.59 Å². The summed E-state index contributed by atoms with van der Waals surface area (Å²) in [5.74, 6) is 1.45. The Kier molecular flexibility index (Phi) is 5.93. The summed E-state index contributed by atoms with van der Waals surface area (Å²) >= 11 is 1.26. The molecule has 1 rings (SSSR count). The molecule has 0 fully saturated rings. The molecule has 7 nitrogen and oxygen atoms in total. The van der Waals surface area contributed by atoms with Gasteiger partial charge in [-0.2, -0.15) is 0 Å². The maximum absolute atomic E-state index is 11.6. The largest absolute Gasteiger partial charge is 0.480 e. The Balaban J connectivity index is 2.55. The Morgan fingerprint density at radius 2 is 2.15 bits per heavy atom. The molecule has 108 valence electrons. The number of urea groups is 1. The van der Waals surface area contributed by atoms with Crippen LogP contribution in [0, 0.1) is 18.3 Å². The minimum atomic E-state index is -1.18. The number of nitrogens with one attached hydrogen (secondary N) is 2. The topological polar surface area (TPSA) is 104 Å². The molecule has 3 N–H and O–H groups in total. The summed E-state index contributed by atoms with van der Waals surface area (Å²) in [6.07, 6.45) is 5.73. The molecule has 0 saturated heterocycles. The Morgan fingerprint density at radius 1 is 1.45 bits per heavy atom. The average Bonchev–Trinajstić information content (AvgIpc) is 2.74. The van der Waals surface area contributed by atoms with Gasteiger partial charge in [0.2, 0.25) is 5.13 Å². The second kappa shape index (κ2) is 7.45. The Morgan fingerprint density at radius 3 is 2.70 bits per heavy atom. The van der Waals surface area contributed by atoms with Gasteiger partial charge in [0.25, 0.3) is 0 Å². The number of nitrogens with zero attached hydrogens (tertiary/aromatic N) is 2. The van der Waals surface area contributed by atoms with Crippen LogP contribution in [-0.4, -0.2) is 33.3 Å². The number of rotatable bonds is 6. The van der Waals surface area contributed by atoms with Crippen molar-refractivity contribution in [3.63, 3.8) is 0 Å². The highest BCUT2D eigenvalue weighted by Crippen LogP contribution is 2.18. The van der Waals surface area contributed by atoms with E-state index in [9.17, 15) is 9.59 Å². The fourth-order valence-electron chi connectivity index (χ4n) is 1.35. The number of terminal acetylenes is 1. The summed E-state index contributed by atoms with van der Waals surface area (Å²) in [5, 5.41) is 22.5. The third kappa shape index (κ3) is 5.24. The molecule has 0 saturated carbocycles. The van der Waals surface area contributed by atoms with Gasteiger partial charge in [-0.3, -0.25) is 5.32 Å². The molecule has 0 aliphatic carbocycles. The van der Waals surface area contributed by atoms with Gasteiger partial charge in [-0.05, 0) is 5.92 Å². The lowest BCUT2D eigenvalue weighted by Crippen LogP contribution is -2.42. The van der Waals surface area contributed by atoms with Crippen LogP contribution in [-0.2, 0) is 11.2 Å². The average molecular weight is 296 g/mol. The van der Waals surface area contributed by atoms with Crippen LogP contribution >= 0.6 is 11.3 Å². The van der Waals surface area contributed by atoms with Crippen LogP contribution in [0.2, 0.25) is 0 Å². The fraction of sp³-hybridized carbons (Fsp3) is 0.500. The standard InChI is InChI=1S/C12H16N4O3S/c1-4-5-8(10(17)18)13-11(19)14-12-16-15-9(20-12)6-7(2)3/h1,7-8H,5-6H2,2-3H3,(H,17,18)(H2,13,14,16,19). The van der Waals surface area contributed by atoms with E-state index in [1.165, 1.54) is 11.3 Å². The van der Waals surface area contributed by atoms with Crippen molar-refractivity contribution >= 4 is 28.5 Å². The highest BCUT2D eigenvalue weighted by atomic mass is 32.1. The van der Waals surface area contributed by atoms with Crippen LogP contribution in [0.3, 0.4) is 0 Å². The van der Waals surface area contributed by atoms with E-state index in [1.807, 2.05) is 0 Å². The number of hydrogen-bond donors (Lipinski definition) is 3. The fourth-order valence-corrected chi connectivity index (χ4v) is 2.29. The highest BCUT2D eigenvalue weighted by molar-refractivity contribution is 7.15. The van der Waals surface area contributed by atoms with Crippen LogP contribution in [0.15, 0.2) is 0 Å². The summed E-state index contributed by atoms with van der Waals surface area (Å²) in [5.41, 5.74) is 0. The van der Waals surface area contributed by atoms with E-state index in [0.717, 1.165) is 11.4 Å². The van der Waals surface area contributed by atoms with E-state index in [2.05, 4.69) is 40.6 Å². The van der Waals surface area contributed by atoms with Gasteiger partial charge in [0, 0.05) is 12.8 Å². The molecular formula is C12H16N4O3S. The molecule has 1 aromatic heterocycles. The third-order valence-corrected chi connectivity index (χ3v) is 3.06. The first kappa shape index (κ1) is 15.9. The molecular weight excluding hydrogens is 280 g/mol. The second-order valence-electron chi connectivity index (χ2n) is 4.50. The second-order valence-corrected chi connectivity index (χ2v) is 5.56. The molecule has 20 heavy (non-hydrogen) atoms. The maximum atomic E-state index is 11.6. The zero-order valence-corrected chi connectivity index (χ0v) is 12.0. The first-order valence-corrected chi connectivity index (χ1v) is 6.80. The van der Waals surface area contributed by atoms with Crippen molar-refractivity contribution in [2.24, 2.45) is 5.92 Å². The number of carbonyl (C=O) groups excluding carboxylic acids is 1. The predicted octanol–water partition coefficient (Wildman–Crippen LogP) is 1.33. The van der Waals surface area contributed by atoms with Crippen molar-refractivity contribution in [1.82, 2.24) is 15.5 Å². The number of amides is 2. The summed E-state index contributed by atoms with van der Waals surface area (Å²) in [6, 6.07) is -1.79. The van der Waals surface area contributed by atoms with E-state index in [-0.39, 0.29) is 6.42 Å². The SMILES string of the molecule is C#CCC(NC(=O)Nc1nnc(CC(C)C)s1)C(=O)O. The smallest absolute Gasteiger partial charge is 0.327 e. The van der Waals surface area contributed by atoms with Gasteiger partial charge in [-0.15, -0.1) is 22.5 Å². The van der Waals surface area contributed by atoms with Gasteiger partial charge in [-0.1, -0.05) is 25.2 Å². The zero-order valence-electron chi connectivity index (χ0n) is 11.2. The molecule has 0 bridgehead atoms. The van der Waals surface area contributed by atoms with Crippen molar-refractivity contribution in [3.8, 4) is 12.3 Å². The van der Waals surface area contributed by atoms with Gasteiger partial charge in [0.05, 0.1) is 0 Å².